The summed E-state index contributed by atoms with van der Waals surface area (Å²) in [6.07, 6.45) is 0. The average Bonchev–Trinajstić information content (AvgIpc) is 3.03. The Bertz CT molecular complexity index is 1230. The number of rotatable bonds is 4. The zero-order valence-electron chi connectivity index (χ0n) is 15.9. The van der Waals surface area contributed by atoms with Crippen molar-refractivity contribution in [3.8, 4) is 11.5 Å². The lowest BCUT2D eigenvalue weighted by molar-refractivity contribution is -0.386. The number of nitro benzene ring substituents is 2. The minimum atomic E-state index is -1.96. The predicted molar refractivity (Wildman–Crippen MR) is 101 cm³/mol. The molecule has 0 aliphatic carbocycles. The molecule has 0 saturated heterocycles. The first-order valence-corrected chi connectivity index (χ1v) is 8.46. The molecule has 1 aliphatic rings. The van der Waals surface area contributed by atoms with E-state index in [-0.39, 0.29) is 28.3 Å². The van der Waals surface area contributed by atoms with Crippen LogP contribution in [0.3, 0.4) is 0 Å². The van der Waals surface area contributed by atoms with Crippen molar-refractivity contribution in [3.05, 3.63) is 103 Å². The van der Waals surface area contributed by atoms with Crippen LogP contribution in [0.5, 0.6) is 11.5 Å². The van der Waals surface area contributed by atoms with Crippen LogP contribution in [0.1, 0.15) is 28.4 Å². The molecule has 1 aliphatic heterocycles. The van der Waals surface area contributed by atoms with Crippen LogP contribution in [0, 0.1) is 20.2 Å². The second-order valence-electron chi connectivity index (χ2n) is 6.45. The summed E-state index contributed by atoms with van der Waals surface area (Å²) in [5.74, 6) is -2.11. The van der Waals surface area contributed by atoms with Gasteiger partial charge in [-0.1, -0.05) is 30.3 Å². The molecule has 2 N–H and O–H groups in total. The molecular weight excluding hydrogens is 396 g/mol. The maximum atomic E-state index is 12.7. The van der Waals surface area contributed by atoms with Gasteiger partial charge in [-0.05, 0) is 18.2 Å². The van der Waals surface area contributed by atoms with E-state index in [1.54, 1.807) is 0 Å². The molecule has 0 atom stereocenters. The van der Waals surface area contributed by atoms with Gasteiger partial charge in [-0.2, -0.15) is 0 Å². The van der Waals surface area contributed by atoms with Crippen LogP contribution in [0.4, 0.5) is 11.4 Å². The number of esters is 1. The van der Waals surface area contributed by atoms with E-state index in [9.17, 15) is 35.2 Å². The van der Waals surface area contributed by atoms with Gasteiger partial charge in [-0.3, -0.25) is 20.2 Å². The molecule has 10 nitrogen and oxygen atoms in total. The highest BCUT2D eigenvalue weighted by Crippen LogP contribution is 2.49. The molecule has 0 amide bonds. The number of ether oxygens (including phenoxy) is 1. The molecule has 4 rings (SSSR count). The largest absolute Gasteiger partial charge is 0.502 e. The third kappa shape index (κ3) is 2.62. The molecule has 0 aromatic heterocycles. The van der Waals surface area contributed by atoms with Crippen LogP contribution in [-0.2, 0) is 10.3 Å². The number of nitro groups is 2. The number of phenols is 2. The summed E-state index contributed by atoms with van der Waals surface area (Å²) in [5, 5.41) is 42.4. The first kappa shape index (κ1) is 17.6. The minimum absolute atomic E-state index is 0.0104. The van der Waals surface area contributed by atoms with Crippen LogP contribution in [0.15, 0.2) is 60.6 Å². The van der Waals surface area contributed by atoms with Crippen molar-refractivity contribution in [2.24, 2.45) is 0 Å². The molecule has 3 aromatic carbocycles. The summed E-state index contributed by atoms with van der Waals surface area (Å²) in [4.78, 5) is 33.8. The summed E-state index contributed by atoms with van der Waals surface area (Å²) in [5.41, 5.74) is -3.30. The number of carbonyl (C=O) groups is 1. The Morgan fingerprint density at radius 1 is 0.900 bits per heavy atom. The molecular formula is C20H12N2O8. The van der Waals surface area contributed by atoms with E-state index in [1.165, 1.54) is 30.3 Å². The number of nitrogens with zero attached hydrogens (tertiary/aromatic N) is 2. The topological polar surface area (TPSA) is 153 Å². The lowest BCUT2D eigenvalue weighted by Crippen LogP contribution is -2.29. The summed E-state index contributed by atoms with van der Waals surface area (Å²) < 4.78 is 14.0. The highest BCUT2D eigenvalue weighted by atomic mass is 16.6. The van der Waals surface area contributed by atoms with Crippen molar-refractivity contribution in [2.75, 3.05) is 0 Å². The van der Waals surface area contributed by atoms with Crippen molar-refractivity contribution in [1.29, 1.82) is 0 Å². The van der Waals surface area contributed by atoms with Gasteiger partial charge in [-0.25, -0.2) is 4.79 Å². The quantitative estimate of drug-likeness (QED) is 0.377. The predicted octanol–water partition coefficient (Wildman–Crippen LogP) is 3.38. The van der Waals surface area contributed by atoms with E-state index in [0.717, 1.165) is 24.3 Å². The molecule has 0 unspecified atom stereocenters. The van der Waals surface area contributed by atoms with E-state index in [1.807, 2.05) is 0 Å². The first-order chi connectivity index (χ1) is 14.7. The van der Waals surface area contributed by atoms with E-state index in [2.05, 4.69) is 0 Å². The molecule has 0 saturated carbocycles. The number of carbonyl (C=O) groups excluding carboxylic acids is 1. The second kappa shape index (κ2) is 6.55. The van der Waals surface area contributed by atoms with Gasteiger partial charge in [0.25, 0.3) is 0 Å². The molecule has 0 fully saturated rings. The zero-order valence-corrected chi connectivity index (χ0v) is 14.9. The van der Waals surface area contributed by atoms with Crippen LogP contribution in [0.2, 0.25) is 0 Å². The average molecular weight is 410 g/mol. The monoisotopic (exact) mass is 410 g/mol. The molecule has 30 heavy (non-hydrogen) atoms. The van der Waals surface area contributed by atoms with E-state index in [0.29, 0.717) is 0 Å². The number of fused-ring (bicyclic) bond motifs is 1. The molecule has 1 heterocycles. The Balaban J connectivity index is 2.13. The highest BCUT2D eigenvalue weighted by molar-refractivity contribution is 5.96. The van der Waals surface area contributed by atoms with Crippen molar-refractivity contribution in [1.82, 2.24) is 0 Å². The number of hydrogen-bond donors (Lipinski definition) is 2. The summed E-state index contributed by atoms with van der Waals surface area (Å²) in [6.45, 7) is 0. The number of phenolic OH excluding ortho intramolecular Hbond substituents is 2. The van der Waals surface area contributed by atoms with E-state index in [4.69, 9.17) is 6.11 Å². The smallest absolute Gasteiger partial charge is 0.340 e. The number of benzene rings is 3. The fraction of sp³-hybridized carbons (Fsp3) is 0.0500. The van der Waals surface area contributed by atoms with Crippen LogP contribution in [-0.4, -0.2) is 26.0 Å². The van der Waals surface area contributed by atoms with Gasteiger partial charge in [0.1, 0.15) is 0 Å². The third-order valence-corrected chi connectivity index (χ3v) is 4.83. The van der Waals surface area contributed by atoms with Gasteiger partial charge in [0.05, 0.1) is 16.8 Å². The standard InChI is InChI=1S/C20H12N2O8/c23-17-7-5-11(9-15(17)21(26)27)20(12-6-8-18(24)16(10-12)22(28)29)14-4-2-1-3-13(14)19(25)30-20/h1-10,23-24H/i4T. The van der Waals surface area contributed by atoms with Crippen molar-refractivity contribution in [2.45, 2.75) is 5.60 Å². The maximum Gasteiger partial charge on any atom is 0.340 e. The summed E-state index contributed by atoms with van der Waals surface area (Å²) in [7, 11) is 0. The lowest BCUT2D eigenvalue weighted by atomic mass is 9.79. The number of hydrogen-bond acceptors (Lipinski definition) is 8. The number of aromatic hydroxyl groups is 2. The Morgan fingerprint density at radius 2 is 1.43 bits per heavy atom. The van der Waals surface area contributed by atoms with Crippen molar-refractivity contribution >= 4 is 17.3 Å². The van der Waals surface area contributed by atoms with E-state index >= 15 is 0 Å². The van der Waals surface area contributed by atoms with Gasteiger partial charge in [0.2, 0.25) is 0 Å². The van der Waals surface area contributed by atoms with Gasteiger partial charge >= 0.3 is 17.3 Å². The van der Waals surface area contributed by atoms with Gasteiger partial charge in [-0.15, -0.1) is 0 Å². The molecule has 3 aromatic rings. The van der Waals surface area contributed by atoms with Gasteiger partial charge < -0.3 is 14.9 Å². The maximum absolute atomic E-state index is 12.7. The van der Waals surface area contributed by atoms with Crippen LogP contribution in [0.25, 0.3) is 0 Å². The molecule has 0 radical (unpaired) electrons. The Kier molecular flexibility index (Phi) is 3.85. The molecule has 0 bridgehead atoms. The third-order valence-electron chi connectivity index (χ3n) is 4.83. The van der Waals surface area contributed by atoms with Crippen LogP contribution < -0.4 is 0 Å². The SMILES string of the molecule is [3H]c1cccc2c1C(c1ccc(O)c([N+](=O)[O-])c1)(c1ccc(O)c([N+](=O)[O-])c1)OC2=O. The second-order valence-corrected chi connectivity index (χ2v) is 6.45. The van der Waals surface area contributed by atoms with Gasteiger partial charge in [0.15, 0.2) is 17.1 Å². The fourth-order valence-corrected chi connectivity index (χ4v) is 3.49. The molecule has 10 heteroatoms. The van der Waals surface area contributed by atoms with Gasteiger partial charge in [0, 0.05) is 28.8 Å². The van der Waals surface area contributed by atoms with Crippen molar-refractivity contribution in [3.63, 3.8) is 0 Å². The minimum Gasteiger partial charge on any atom is -0.502 e. The van der Waals surface area contributed by atoms with Crippen molar-refractivity contribution < 1.29 is 31.0 Å². The van der Waals surface area contributed by atoms with E-state index < -0.39 is 44.3 Å². The normalized spacial score (nSPS) is 14.5. The van der Waals surface area contributed by atoms with Crippen LogP contribution >= 0.6 is 0 Å². The molecule has 0 spiro atoms. The Hall–Kier alpha value is -4.47. The molecule has 150 valence electrons. The number of cyclic esters (lactones) is 1. The fourth-order valence-electron chi connectivity index (χ4n) is 3.49. The lowest BCUT2D eigenvalue weighted by Gasteiger charge is -2.30. The Morgan fingerprint density at radius 3 is 1.93 bits per heavy atom. The first-order valence-electron chi connectivity index (χ1n) is 8.96. The summed E-state index contributed by atoms with van der Waals surface area (Å²) in [6, 6.07) is 10.6. The Labute approximate surface area is 169 Å². The summed E-state index contributed by atoms with van der Waals surface area (Å²) >= 11 is 0. The highest BCUT2D eigenvalue weighted by Gasteiger charge is 2.49. The zero-order chi connectivity index (χ0) is 22.5.